The molecule has 0 spiro atoms. The number of carboxylic acids is 1. The van der Waals surface area contributed by atoms with Crippen molar-refractivity contribution in [2.45, 2.75) is 6.10 Å². The fourth-order valence-corrected chi connectivity index (χ4v) is 2.70. The molecule has 0 radical (unpaired) electrons. The van der Waals surface area contributed by atoms with Crippen molar-refractivity contribution in [2.24, 2.45) is 0 Å². The zero-order valence-corrected chi connectivity index (χ0v) is 13.2. The maximum absolute atomic E-state index is 11.3. The maximum atomic E-state index is 11.3. The third kappa shape index (κ3) is 4.41. The number of likely N-dealkylation sites (N-methyl/N-ethyl adjacent to an activating group) is 1. The van der Waals surface area contributed by atoms with Crippen LogP contribution in [0.3, 0.4) is 0 Å². The van der Waals surface area contributed by atoms with Crippen molar-refractivity contribution in [1.29, 1.82) is 5.26 Å². The first kappa shape index (κ1) is 17.7. The van der Waals surface area contributed by atoms with Gasteiger partial charge in [-0.2, -0.15) is 5.26 Å². The van der Waals surface area contributed by atoms with E-state index in [4.69, 9.17) is 15.1 Å². The molecule has 24 heavy (non-hydrogen) atoms. The van der Waals surface area contributed by atoms with E-state index in [2.05, 4.69) is 0 Å². The van der Waals surface area contributed by atoms with Crippen molar-refractivity contribution >= 4 is 17.3 Å². The highest BCUT2D eigenvalue weighted by Gasteiger charge is 2.27. The van der Waals surface area contributed by atoms with Crippen molar-refractivity contribution in [3.63, 3.8) is 0 Å². The standard InChI is InChI=1S/C15H18N4O5/c1-17(10-15(20)21)8-12-9-18(4-5-24-12)13-3-2-11(7-16)6-14(13)19(22)23/h2-3,6,12H,4-5,8-10H2,1H3,(H,20,21). The molecule has 1 saturated heterocycles. The number of rotatable bonds is 6. The van der Waals surface area contributed by atoms with Gasteiger partial charge in [0.15, 0.2) is 0 Å². The van der Waals surface area contributed by atoms with E-state index in [1.165, 1.54) is 6.07 Å². The zero-order chi connectivity index (χ0) is 17.7. The number of nitrogens with zero attached hydrogens (tertiary/aromatic N) is 4. The Morgan fingerprint density at radius 1 is 1.62 bits per heavy atom. The molecule has 0 aliphatic carbocycles. The van der Waals surface area contributed by atoms with E-state index in [1.807, 2.05) is 11.0 Å². The first-order valence-electron chi connectivity index (χ1n) is 7.36. The molecule has 0 amide bonds. The predicted octanol–water partition coefficient (Wildman–Crippen LogP) is 0.688. The van der Waals surface area contributed by atoms with Crippen molar-refractivity contribution in [3.05, 3.63) is 33.9 Å². The van der Waals surface area contributed by atoms with E-state index in [0.29, 0.717) is 31.9 Å². The molecule has 1 aliphatic rings. The molecule has 1 aromatic rings. The molecule has 1 unspecified atom stereocenters. The predicted molar refractivity (Wildman–Crippen MR) is 84.9 cm³/mol. The Labute approximate surface area is 138 Å². The van der Waals surface area contributed by atoms with Crippen molar-refractivity contribution in [1.82, 2.24) is 4.90 Å². The minimum Gasteiger partial charge on any atom is -0.480 e. The second-order valence-corrected chi connectivity index (χ2v) is 5.60. The SMILES string of the molecule is CN(CC(=O)O)CC1CN(c2ccc(C#N)cc2[N+](=O)[O-])CCO1. The molecule has 1 heterocycles. The van der Waals surface area contributed by atoms with Gasteiger partial charge in [-0.3, -0.25) is 19.8 Å². The summed E-state index contributed by atoms with van der Waals surface area (Å²) in [5, 5.41) is 29.0. The number of morpholine rings is 1. The van der Waals surface area contributed by atoms with Gasteiger partial charge in [0.1, 0.15) is 5.69 Å². The van der Waals surface area contributed by atoms with Gasteiger partial charge in [0.05, 0.1) is 35.8 Å². The smallest absolute Gasteiger partial charge is 0.317 e. The molecule has 0 saturated carbocycles. The molecule has 128 valence electrons. The summed E-state index contributed by atoms with van der Waals surface area (Å²) in [6.45, 7) is 1.61. The Morgan fingerprint density at radius 2 is 2.38 bits per heavy atom. The second-order valence-electron chi connectivity index (χ2n) is 5.60. The van der Waals surface area contributed by atoms with Crippen LogP contribution in [0.1, 0.15) is 5.56 Å². The summed E-state index contributed by atoms with van der Waals surface area (Å²) >= 11 is 0. The number of hydrogen-bond donors (Lipinski definition) is 1. The Balaban J connectivity index is 2.13. The molecule has 9 heteroatoms. The van der Waals surface area contributed by atoms with Crippen LogP contribution in [-0.2, 0) is 9.53 Å². The maximum Gasteiger partial charge on any atom is 0.317 e. The summed E-state index contributed by atoms with van der Waals surface area (Å²) in [5.74, 6) is -0.923. The lowest BCUT2D eigenvalue weighted by atomic mass is 10.1. The third-order valence-corrected chi connectivity index (χ3v) is 3.70. The topological polar surface area (TPSA) is 120 Å². The summed E-state index contributed by atoms with van der Waals surface area (Å²) < 4.78 is 5.63. The molecule has 1 aromatic carbocycles. The summed E-state index contributed by atoms with van der Waals surface area (Å²) in [6, 6.07) is 6.27. The van der Waals surface area contributed by atoms with Crippen LogP contribution in [0.5, 0.6) is 0 Å². The van der Waals surface area contributed by atoms with Crippen LogP contribution in [0, 0.1) is 21.4 Å². The van der Waals surface area contributed by atoms with Gasteiger partial charge in [-0.25, -0.2) is 0 Å². The molecule has 1 N–H and O–H groups in total. The molecular weight excluding hydrogens is 316 g/mol. The highest BCUT2D eigenvalue weighted by molar-refractivity contribution is 5.69. The molecular formula is C15H18N4O5. The minimum atomic E-state index is -0.923. The van der Waals surface area contributed by atoms with Gasteiger partial charge in [-0.15, -0.1) is 0 Å². The number of nitro groups is 1. The van der Waals surface area contributed by atoms with Crippen LogP contribution >= 0.6 is 0 Å². The lowest BCUT2D eigenvalue weighted by Gasteiger charge is -2.35. The monoisotopic (exact) mass is 334 g/mol. The van der Waals surface area contributed by atoms with E-state index in [0.717, 1.165) is 0 Å². The van der Waals surface area contributed by atoms with Crippen LogP contribution in [0.25, 0.3) is 0 Å². The van der Waals surface area contributed by atoms with E-state index in [-0.39, 0.29) is 23.9 Å². The largest absolute Gasteiger partial charge is 0.480 e. The number of nitro benzene ring substituents is 1. The van der Waals surface area contributed by atoms with E-state index in [1.54, 1.807) is 24.1 Å². The van der Waals surface area contributed by atoms with Gasteiger partial charge < -0.3 is 14.7 Å². The third-order valence-electron chi connectivity index (χ3n) is 3.70. The van der Waals surface area contributed by atoms with Gasteiger partial charge in [-0.05, 0) is 19.2 Å². The van der Waals surface area contributed by atoms with E-state index >= 15 is 0 Å². The van der Waals surface area contributed by atoms with Crippen LogP contribution in [0.2, 0.25) is 0 Å². The van der Waals surface area contributed by atoms with Gasteiger partial charge in [-0.1, -0.05) is 0 Å². The number of carbonyl (C=O) groups is 1. The average Bonchev–Trinajstić information content (AvgIpc) is 2.53. The molecule has 9 nitrogen and oxygen atoms in total. The fourth-order valence-electron chi connectivity index (χ4n) is 2.70. The van der Waals surface area contributed by atoms with Gasteiger partial charge in [0.25, 0.3) is 5.69 Å². The van der Waals surface area contributed by atoms with Crippen LogP contribution in [0.15, 0.2) is 18.2 Å². The van der Waals surface area contributed by atoms with Crippen LogP contribution in [-0.4, -0.2) is 66.8 Å². The first-order chi connectivity index (χ1) is 11.4. The number of anilines is 1. The number of benzene rings is 1. The van der Waals surface area contributed by atoms with Gasteiger partial charge in [0, 0.05) is 25.7 Å². The average molecular weight is 334 g/mol. The lowest BCUT2D eigenvalue weighted by Crippen LogP contribution is -2.47. The molecule has 0 aromatic heterocycles. The first-order valence-corrected chi connectivity index (χ1v) is 7.36. The summed E-state index contributed by atoms with van der Waals surface area (Å²) in [7, 11) is 1.68. The number of ether oxygens (including phenoxy) is 1. The summed E-state index contributed by atoms with van der Waals surface area (Å²) in [6.07, 6.45) is -0.252. The molecule has 0 bridgehead atoms. The quantitative estimate of drug-likeness (QED) is 0.596. The number of hydrogen-bond acceptors (Lipinski definition) is 7. The highest BCUT2D eigenvalue weighted by atomic mass is 16.6. The lowest BCUT2D eigenvalue weighted by molar-refractivity contribution is -0.384. The Hall–Kier alpha value is -2.70. The van der Waals surface area contributed by atoms with Crippen molar-refractivity contribution in [3.8, 4) is 6.07 Å². The molecule has 2 rings (SSSR count). The molecule has 1 fully saturated rings. The zero-order valence-electron chi connectivity index (χ0n) is 13.2. The normalized spacial score (nSPS) is 17.5. The Bertz CT molecular complexity index is 672. The van der Waals surface area contributed by atoms with Crippen molar-refractivity contribution < 1.29 is 19.6 Å². The fraction of sp³-hybridized carbons (Fsp3) is 0.467. The Morgan fingerprint density at radius 3 is 3.00 bits per heavy atom. The van der Waals surface area contributed by atoms with E-state index < -0.39 is 10.9 Å². The van der Waals surface area contributed by atoms with Gasteiger partial charge >= 0.3 is 5.97 Å². The number of aliphatic carboxylic acids is 1. The van der Waals surface area contributed by atoms with Gasteiger partial charge in [0.2, 0.25) is 0 Å². The highest BCUT2D eigenvalue weighted by Crippen LogP contribution is 2.30. The Kier molecular flexibility index (Phi) is 5.68. The minimum absolute atomic E-state index is 0.100. The second kappa shape index (κ2) is 7.72. The van der Waals surface area contributed by atoms with Crippen molar-refractivity contribution in [2.75, 3.05) is 44.7 Å². The molecule has 1 aliphatic heterocycles. The molecule has 1 atom stereocenters. The summed E-state index contributed by atoms with van der Waals surface area (Å²) in [4.78, 5) is 25.0. The van der Waals surface area contributed by atoms with Crippen LogP contribution in [0.4, 0.5) is 11.4 Å². The summed E-state index contributed by atoms with van der Waals surface area (Å²) in [5.41, 5.74) is 0.554. The van der Waals surface area contributed by atoms with Crippen LogP contribution < -0.4 is 4.90 Å². The number of nitriles is 1. The van der Waals surface area contributed by atoms with E-state index in [9.17, 15) is 14.9 Å². The number of carboxylic acid groups (broad SMARTS) is 1.